The third-order valence-electron chi connectivity index (χ3n) is 7.22. The molecule has 0 N–H and O–H groups in total. The van der Waals surface area contributed by atoms with Gasteiger partial charge in [-0.2, -0.15) is 0 Å². The van der Waals surface area contributed by atoms with Crippen LogP contribution >= 0.6 is 38.9 Å². The minimum atomic E-state index is -0.891. The van der Waals surface area contributed by atoms with E-state index < -0.39 is 18.0 Å². The number of carbonyl (C=O) groups is 2. The highest BCUT2D eigenvalue weighted by Crippen LogP contribution is 2.36. The van der Waals surface area contributed by atoms with E-state index in [0.717, 1.165) is 10.0 Å². The summed E-state index contributed by atoms with van der Waals surface area (Å²) in [5.74, 6) is 0.0464. The minimum absolute atomic E-state index is 0.137. The summed E-state index contributed by atoms with van der Waals surface area (Å²) in [5.41, 5.74) is 2.40. The van der Waals surface area contributed by atoms with Crippen molar-refractivity contribution in [2.24, 2.45) is 4.99 Å². The third-order valence-corrected chi connectivity index (χ3v) is 8.93. The molecule has 1 aromatic heterocycles. The second-order valence-electron chi connectivity index (χ2n) is 10.4. The molecule has 0 spiro atoms. The van der Waals surface area contributed by atoms with Crippen LogP contribution in [0.25, 0.3) is 6.08 Å². The highest BCUT2D eigenvalue weighted by molar-refractivity contribution is 9.10. The third kappa shape index (κ3) is 7.83. The summed E-state index contributed by atoms with van der Waals surface area (Å²) in [6.45, 7) is 5.62. The Hall–Kier alpha value is -4.39. The number of ether oxygens (including phenoxy) is 5. The van der Waals surface area contributed by atoms with E-state index in [1.165, 1.54) is 23.0 Å². The molecule has 1 aliphatic rings. The van der Waals surface area contributed by atoms with Crippen LogP contribution in [0.4, 0.5) is 0 Å². The smallest absolute Gasteiger partial charge is 0.343 e. The molecule has 0 fully saturated rings. The van der Waals surface area contributed by atoms with Crippen LogP contribution in [0.5, 0.6) is 17.2 Å². The Labute approximate surface area is 294 Å². The van der Waals surface area contributed by atoms with E-state index in [-0.39, 0.29) is 31.0 Å². The van der Waals surface area contributed by atoms with Crippen molar-refractivity contribution >= 4 is 56.9 Å². The molecule has 1 atom stereocenters. The first-order chi connectivity index (χ1) is 23.1. The van der Waals surface area contributed by atoms with Gasteiger partial charge >= 0.3 is 11.9 Å². The number of hydrogen-bond acceptors (Lipinski definition) is 10. The molecule has 5 rings (SSSR count). The van der Waals surface area contributed by atoms with E-state index in [1.54, 1.807) is 44.2 Å². The lowest BCUT2D eigenvalue weighted by Gasteiger charge is -2.25. The fourth-order valence-electron chi connectivity index (χ4n) is 5.08. The normalized spacial score (nSPS) is 14.2. The van der Waals surface area contributed by atoms with E-state index in [2.05, 4.69) is 25.7 Å². The molecule has 48 heavy (non-hydrogen) atoms. The fraction of sp³-hybridized carbons (Fsp3) is 0.257. The topological polar surface area (TPSA) is 115 Å². The molecule has 2 heterocycles. The zero-order valence-electron chi connectivity index (χ0n) is 26.6. The average Bonchev–Trinajstić information content (AvgIpc) is 3.36. The number of hydrogen-bond donors (Lipinski definition) is 0. The van der Waals surface area contributed by atoms with Crippen molar-refractivity contribution in [2.45, 2.75) is 33.4 Å². The Kier molecular flexibility index (Phi) is 11.4. The number of benzene rings is 3. The maximum absolute atomic E-state index is 14.3. The van der Waals surface area contributed by atoms with E-state index in [1.807, 2.05) is 43.3 Å². The first-order valence-electron chi connectivity index (χ1n) is 15.0. The predicted molar refractivity (Wildman–Crippen MR) is 185 cm³/mol. The number of carbonyl (C=O) groups excluding carboxylic acids is 2. The van der Waals surface area contributed by atoms with Gasteiger partial charge in [0.15, 0.2) is 22.9 Å². The largest absolute Gasteiger partial charge is 0.490 e. The number of halogens is 2. The Morgan fingerprint density at radius 3 is 2.52 bits per heavy atom. The lowest BCUT2D eigenvalue weighted by molar-refractivity contribution is -0.143. The molecule has 1 aliphatic heterocycles. The van der Waals surface area contributed by atoms with Gasteiger partial charge in [-0.15, -0.1) is 0 Å². The highest BCUT2D eigenvalue weighted by Gasteiger charge is 2.34. The molecule has 3 aromatic carbocycles. The maximum atomic E-state index is 14.3. The van der Waals surface area contributed by atoms with Gasteiger partial charge < -0.3 is 23.7 Å². The number of thiazole rings is 1. The minimum Gasteiger partial charge on any atom is -0.490 e. The first kappa shape index (κ1) is 34.9. The van der Waals surface area contributed by atoms with Gasteiger partial charge in [-0.1, -0.05) is 57.1 Å². The summed E-state index contributed by atoms with van der Waals surface area (Å²) in [4.78, 5) is 44.5. The van der Waals surface area contributed by atoms with Gasteiger partial charge in [0, 0.05) is 15.1 Å². The molecule has 0 aliphatic carbocycles. The van der Waals surface area contributed by atoms with Crippen molar-refractivity contribution in [1.29, 1.82) is 0 Å². The van der Waals surface area contributed by atoms with Crippen LogP contribution in [0.1, 0.15) is 43.5 Å². The van der Waals surface area contributed by atoms with Gasteiger partial charge in [0.25, 0.3) is 5.56 Å². The van der Waals surface area contributed by atoms with Crippen molar-refractivity contribution < 1.29 is 33.3 Å². The summed E-state index contributed by atoms with van der Waals surface area (Å²) in [5, 5.41) is 0.608. The van der Waals surface area contributed by atoms with Gasteiger partial charge in [0.1, 0.15) is 12.4 Å². The zero-order chi connectivity index (χ0) is 34.4. The molecule has 250 valence electrons. The number of esters is 2. The van der Waals surface area contributed by atoms with Crippen LogP contribution in [0.3, 0.4) is 0 Å². The quantitative estimate of drug-likeness (QED) is 0.168. The molecule has 0 amide bonds. The van der Waals surface area contributed by atoms with E-state index in [0.29, 0.717) is 55.0 Å². The number of methoxy groups -OCH3 is 1. The molecule has 0 saturated carbocycles. The van der Waals surface area contributed by atoms with Gasteiger partial charge in [-0.05, 0) is 80.4 Å². The van der Waals surface area contributed by atoms with Crippen molar-refractivity contribution in [2.75, 3.05) is 26.9 Å². The molecule has 13 heteroatoms. The summed E-state index contributed by atoms with van der Waals surface area (Å²) >= 11 is 10.9. The van der Waals surface area contributed by atoms with Crippen molar-refractivity contribution in [3.05, 3.63) is 118 Å². The molecule has 10 nitrogen and oxygen atoms in total. The number of allylic oxidation sites excluding steroid dienone is 1. The van der Waals surface area contributed by atoms with Crippen LogP contribution in [0.15, 0.2) is 86.2 Å². The van der Waals surface area contributed by atoms with Crippen LogP contribution in [0.2, 0.25) is 5.02 Å². The van der Waals surface area contributed by atoms with Crippen molar-refractivity contribution in [3.8, 4) is 17.2 Å². The van der Waals surface area contributed by atoms with Crippen molar-refractivity contribution in [1.82, 2.24) is 4.57 Å². The van der Waals surface area contributed by atoms with E-state index >= 15 is 0 Å². The number of rotatable bonds is 12. The number of nitrogens with zero attached hydrogens (tertiary/aromatic N) is 2. The van der Waals surface area contributed by atoms with Crippen LogP contribution < -0.4 is 29.1 Å². The molecule has 0 unspecified atom stereocenters. The van der Waals surface area contributed by atoms with Crippen LogP contribution in [-0.4, -0.2) is 43.4 Å². The standard InChI is InChI=1S/C35H32BrClN2O8S/c1-5-44-28-16-22(10-12-27(28)47-19-30(40)43-4)32-31(34(42)45-6-2)20(3)38-35-39(32)33(41)29(48-35)17-23-15-24(36)11-13-26(23)46-18-21-8-7-9-25(37)14-21/h7-17,32H,5-6,18-19H2,1-4H3/b29-17+/t32-/m0/s1. The lowest BCUT2D eigenvalue weighted by Crippen LogP contribution is -2.40. The summed E-state index contributed by atoms with van der Waals surface area (Å²) in [7, 11) is 1.27. The Morgan fingerprint density at radius 1 is 1.00 bits per heavy atom. The Bertz CT molecular complexity index is 2070. The maximum Gasteiger partial charge on any atom is 0.343 e. The van der Waals surface area contributed by atoms with Crippen molar-refractivity contribution in [3.63, 3.8) is 0 Å². The predicted octanol–water partition coefficient (Wildman–Crippen LogP) is 5.74. The summed E-state index contributed by atoms with van der Waals surface area (Å²) in [6, 6.07) is 17.1. The van der Waals surface area contributed by atoms with Gasteiger partial charge in [-0.25, -0.2) is 14.6 Å². The van der Waals surface area contributed by atoms with Crippen LogP contribution in [0, 0.1) is 0 Å². The van der Waals surface area contributed by atoms with E-state index in [9.17, 15) is 14.4 Å². The fourth-order valence-corrected chi connectivity index (χ4v) is 6.71. The van der Waals surface area contributed by atoms with Gasteiger partial charge in [-0.3, -0.25) is 9.36 Å². The molecular formula is C35H32BrClN2O8S. The second-order valence-corrected chi connectivity index (χ2v) is 12.8. The van der Waals surface area contributed by atoms with Crippen LogP contribution in [-0.2, 0) is 25.7 Å². The van der Waals surface area contributed by atoms with Gasteiger partial charge in [0.2, 0.25) is 0 Å². The summed E-state index contributed by atoms with van der Waals surface area (Å²) < 4.78 is 30.4. The molecule has 0 bridgehead atoms. The molecular weight excluding hydrogens is 724 g/mol. The first-order valence-corrected chi connectivity index (χ1v) is 16.9. The lowest BCUT2D eigenvalue weighted by atomic mass is 9.95. The monoisotopic (exact) mass is 754 g/mol. The zero-order valence-corrected chi connectivity index (χ0v) is 29.7. The molecule has 0 radical (unpaired) electrons. The molecule has 4 aromatic rings. The highest BCUT2D eigenvalue weighted by atomic mass is 79.9. The van der Waals surface area contributed by atoms with E-state index in [4.69, 9.17) is 30.5 Å². The average molecular weight is 756 g/mol. The number of fused-ring (bicyclic) bond motifs is 1. The Balaban J connectivity index is 1.62. The summed E-state index contributed by atoms with van der Waals surface area (Å²) in [6.07, 6.45) is 1.75. The Morgan fingerprint density at radius 2 is 1.79 bits per heavy atom. The second kappa shape index (κ2) is 15.7. The SMILES string of the molecule is CCOC(=O)C1=C(C)N=c2s/c(=C/c3cc(Br)ccc3OCc3cccc(Cl)c3)c(=O)n2[C@H]1c1ccc(OCC(=O)OC)c(OCC)c1. The number of aromatic nitrogens is 1. The molecule has 0 saturated heterocycles. The van der Waals surface area contributed by atoms with Gasteiger partial charge in [0.05, 0.1) is 42.2 Å².